The van der Waals surface area contributed by atoms with Crippen LogP contribution >= 0.6 is 11.3 Å². The molecule has 0 saturated heterocycles. The number of benzene rings is 1. The van der Waals surface area contributed by atoms with Crippen molar-refractivity contribution in [1.82, 2.24) is 15.0 Å². The number of carboxylic acids is 1. The number of aliphatic carboxylic acids is 1. The number of carboxylic acid groups (broad SMARTS) is 1. The fourth-order valence-corrected chi connectivity index (χ4v) is 5.70. The summed E-state index contributed by atoms with van der Waals surface area (Å²) in [6.07, 6.45) is -1.12. The van der Waals surface area contributed by atoms with Crippen LogP contribution in [0.25, 0.3) is 10.4 Å². The number of carbonyl (C=O) groups excluding carboxylic acids is 1. The van der Waals surface area contributed by atoms with Gasteiger partial charge in [-0.1, -0.05) is 19.9 Å². The van der Waals surface area contributed by atoms with Gasteiger partial charge >= 0.3 is 35.7 Å². The number of aliphatic hydroxyl groups is 1. The summed E-state index contributed by atoms with van der Waals surface area (Å²) in [7, 11) is 0. The van der Waals surface area contributed by atoms with Crippen LogP contribution in [-0.4, -0.2) is 26.0 Å². The molecule has 4 rings (SSSR count). The van der Waals surface area contributed by atoms with Gasteiger partial charge in [0, 0.05) is 30.0 Å². The third-order valence-electron chi connectivity index (χ3n) is 6.29. The molecule has 186 valence electrons. The molecule has 0 unspecified atom stereocenters. The summed E-state index contributed by atoms with van der Waals surface area (Å²) >= 11 is 1.30. The minimum atomic E-state index is -4.58. The predicted octanol–water partition coefficient (Wildman–Crippen LogP) is 1.44. The Balaban J connectivity index is 0.00000361. The molecule has 0 bridgehead atoms. The summed E-state index contributed by atoms with van der Waals surface area (Å²) in [5, 5.41) is 26.2. The third kappa shape index (κ3) is 6.08. The van der Waals surface area contributed by atoms with E-state index in [1.54, 1.807) is 32.2 Å². The van der Waals surface area contributed by atoms with Gasteiger partial charge in [0.2, 0.25) is 5.95 Å². The van der Waals surface area contributed by atoms with Crippen LogP contribution in [0.15, 0.2) is 36.7 Å². The van der Waals surface area contributed by atoms with Gasteiger partial charge in [-0.15, -0.1) is 11.3 Å². The zero-order valence-corrected chi connectivity index (χ0v) is 23.1. The second kappa shape index (κ2) is 10.4. The number of nitrogens with zero attached hydrogens (tertiary/aromatic N) is 3. The Morgan fingerprint density at radius 2 is 1.97 bits per heavy atom. The Bertz CT molecular complexity index is 1270. The molecule has 36 heavy (non-hydrogen) atoms. The molecule has 0 aliphatic heterocycles. The van der Waals surface area contributed by atoms with Crippen LogP contribution in [0.5, 0.6) is 0 Å². The van der Waals surface area contributed by atoms with E-state index in [4.69, 9.17) is 0 Å². The van der Waals surface area contributed by atoms with Crippen LogP contribution in [0.2, 0.25) is 0 Å². The van der Waals surface area contributed by atoms with E-state index >= 15 is 0 Å². The van der Waals surface area contributed by atoms with Gasteiger partial charge in [-0.2, -0.15) is 13.2 Å². The van der Waals surface area contributed by atoms with Crippen molar-refractivity contribution in [2.75, 3.05) is 5.32 Å². The van der Waals surface area contributed by atoms with E-state index in [2.05, 4.69) is 20.3 Å². The molecule has 1 saturated carbocycles. The SMILES string of the molecule is Cc1cc(Nc2nccc(C(F)(F)F)n2)cc(-c2cnc([C@@]3(O)CC[C@H](C(=O)[O-])C(C)(C)C3)s2)c1.[Na+]. The van der Waals surface area contributed by atoms with Crippen molar-refractivity contribution in [1.29, 1.82) is 0 Å². The molecule has 2 aromatic heterocycles. The van der Waals surface area contributed by atoms with Crippen LogP contribution in [0, 0.1) is 18.3 Å². The Kier molecular flexibility index (Phi) is 8.22. The number of thiazole rings is 1. The number of aromatic nitrogens is 3. The Morgan fingerprint density at radius 1 is 1.25 bits per heavy atom. The summed E-state index contributed by atoms with van der Waals surface area (Å²) in [6.45, 7) is 5.46. The van der Waals surface area contributed by atoms with Crippen molar-refractivity contribution in [2.45, 2.75) is 51.8 Å². The minimum Gasteiger partial charge on any atom is -0.550 e. The number of nitrogens with one attached hydrogen (secondary N) is 1. The van der Waals surface area contributed by atoms with E-state index in [0.29, 0.717) is 10.7 Å². The topological polar surface area (TPSA) is 111 Å². The van der Waals surface area contributed by atoms with E-state index in [-0.39, 0.29) is 54.8 Å². The maximum Gasteiger partial charge on any atom is 1.00 e. The molecule has 0 radical (unpaired) electrons. The first-order valence-electron chi connectivity index (χ1n) is 11.0. The van der Waals surface area contributed by atoms with Gasteiger partial charge in [0.15, 0.2) is 0 Å². The number of carbonyl (C=O) groups is 1. The van der Waals surface area contributed by atoms with Gasteiger partial charge in [0.25, 0.3) is 0 Å². The Labute approximate surface area is 232 Å². The van der Waals surface area contributed by atoms with Crippen molar-refractivity contribution in [3.63, 3.8) is 0 Å². The van der Waals surface area contributed by atoms with Crippen LogP contribution < -0.4 is 40.0 Å². The molecule has 1 aliphatic rings. The van der Waals surface area contributed by atoms with Gasteiger partial charge in [0.1, 0.15) is 16.3 Å². The molecule has 12 heteroatoms. The number of alkyl halides is 3. The number of hydrogen-bond donors (Lipinski definition) is 2. The van der Waals surface area contributed by atoms with E-state index in [0.717, 1.165) is 28.3 Å². The molecule has 7 nitrogen and oxygen atoms in total. The average Bonchev–Trinajstić information content (AvgIpc) is 3.23. The smallest absolute Gasteiger partial charge is 0.550 e. The van der Waals surface area contributed by atoms with Crippen LogP contribution in [-0.2, 0) is 16.6 Å². The van der Waals surface area contributed by atoms with Gasteiger partial charge in [0.05, 0.1) is 4.88 Å². The van der Waals surface area contributed by atoms with Gasteiger partial charge in [-0.3, -0.25) is 0 Å². The van der Waals surface area contributed by atoms with Crippen LogP contribution in [0.3, 0.4) is 0 Å². The number of aryl methyl sites for hydroxylation is 1. The summed E-state index contributed by atoms with van der Waals surface area (Å²) in [4.78, 5) is 24.1. The van der Waals surface area contributed by atoms with Crippen molar-refractivity contribution >= 4 is 28.9 Å². The largest absolute Gasteiger partial charge is 1.00 e. The van der Waals surface area contributed by atoms with E-state index in [1.807, 2.05) is 13.0 Å². The number of rotatable bonds is 5. The summed E-state index contributed by atoms with van der Waals surface area (Å²) in [6, 6.07) is 6.20. The first-order valence-corrected chi connectivity index (χ1v) is 11.8. The summed E-state index contributed by atoms with van der Waals surface area (Å²) in [5.74, 6) is -1.94. The van der Waals surface area contributed by atoms with Crippen molar-refractivity contribution in [2.24, 2.45) is 11.3 Å². The predicted molar refractivity (Wildman–Crippen MR) is 123 cm³/mol. The molecule has 1 aliphatic carbocycles. The molecular weight excluding hydrogens is 504 g/mol. The molecular formula is C24H24F3N4NaO3S. The van der Waals surface area contributed by atoms with Crippen LogP contribution in [0.4, 0.5) is 24.8 Å². The van der Waals surface area contributed by atoms with E-state index in [1.165, 1.54) is 11.3 Å². The maximum atomic E-state index is 13.0. The normalized spacial score (nSPS) is 21.5. The Hall–Kier alpha value is -2.05. The zero-order valence-electron chi connectivity index (χ0n) is 20.3. The van der Waals surface area contributed by atoms with Crippen molar-refractivity contribution in [3.8, 4) is 10.4 Å². The standard InChI is InChI=1S/C24H25F3N4O3S.Na/c1-13-8-14(10-15(9-13)30-21-28-7-5-18(31-21)24(25,26)27)17-11-29-20(35-17)23(34)6-4-16(19(32)33)22(2,3)12-23;/h5,7-11,16,34H,4,6,12H2,1-3H3,(H,32,33)(H,28,30,31);/q;+1/p-1/t16-,23-;/m1./s1. The minimum absolute atomic E-state index is 0. The monoisotopic (exact) mass is 528 g/mol. The molecule has 0 spiro atoms. The quantitative estimate of drug-likeness (QED) is 0.482. The molecule has 2 N–H and O–H groups in total. The molecule has 1 fully saturated rings. The number of hydrogen-bond acceptors (Lipinski definition) is 8. The summed E-state index contributed by atoms with van der Waals surface area (Å²) < 4.78 is 38.9. The van der Waals surface area contributed by atoms with E-state index < -0.39 is 34.8 Å². The number of halogens is 3. The van der Waals surface area contributed by atoms with Gasteiger partial charge in [-0.05, 0) is 60.9 Å². The molecule has 3 aromatic rings. The second-order valence-electron chi connectivity index (χ2n) is 9.61. The van der Waals surface area contributed by atoms with Crippen LogP contribution in [0.1, 0.15) is 49.4 Å². The molecule has 1 aromatic carbocycles. The van der Waals surface area contributed by atoms with Gasteiger partial charge in [-0.25, -0.2) is 15.0 Å². The average molecular weight is 529 g/mol. The van der Waals surface area contributed by atoms with E-state index in [9.17, 15) is 28.2 Å². The first kappa shape index (κ1) is 28.5. The number of anilines is 2. The molecule has 0 amide bonds. The molecule has 2 atom stereocenters. The fourth-order valence-electron chi connectivity index (χ4n) is 4.68. The first-order chi connectivity index (χ1) is 16.3. The third-order valence-corrected chi connectivity index (χ3v) is 7.53. The Morgan fingerprint density at radius 3 is 2.61 bits per heavy atom. The van der Waals surface area contributed by atoms with Crippen molar-refractivity contribution in [3.05, 3.63) is 52.9 Å². The van der Waals surface area contributed by atoms with Crippen molar-refractivity contribution < 1.29 is 57.7 Å². The second-order valence-corrected chi connectivity index (χ2v) is 10.6. The fraction of sp³-hybridized carbons (Fsp3) is 0.417. The van der Waals surface area contributed by atoms with Gasteiger partial charge < -0.3 is 20.3 Å². The zero-order chi connectivity index (χ0) is 25.6. The molecule has 2 heterocycles. The summed E-state index contributed by atoms with van der Waals surface area (Å²) in [5.41, 5.74) is -0.850. The maximum absolute atomic E-state index is 13.0.